The molecule has 0 unspecified atom stereocenters. The fourth-order valence-electron chi connectivity index (χ4n) is 1.31. The zero-order chi connectivity index (χ0) is 12.0. The zero-order valence-corrected chi connectivity index (χ0v) is 10.4. The smallest absolute Gasteiger partial charge is 0.227 e. The van der Waals surface area contributed by atoms with Crippen LogP contribution in [-0.2, 0) is 4.79 Å². The summed E-state index contributed by atoms with van der Waals surface area (Å²) < 4.78 is 0. The topological polar surface area (TPSA) is 20.3 Å². The number of hydrogen-bond acceptors (Lipinski definition) is 2. The minimum Gasteiger partial charge on any atom is -0.315 e. The lowest BCUT2D eigenvalue weighted by molar-refractivity contribution is -0.117. The van der Waals surface area contributed by atoms with Crippen molar-refractivity contribution in [2.75, 3.05) is 24.0 Å². The van der Waals surface area contributed by atoms with E-state index >= 15 is 0 Å². The van der Waals surface area contributed by atoms with Crippen LogP contribution in [0.3, 0.4) is 0 Å². The minimum atomic E-state index is 0.114. The van der Waals surface area contributed by atoms with E-state index in [1.807, 2.05) is 30.5 Å². The molecule has 84 valence electrons. The van der Waals surface area contributed by atoms with Crippen LogP contribution in [0.15, 0.2) is 24.3 Å². The third-order valence-electron chi connectivity index (χ3n) is 2.29. The average molecular weight is 233 g/mol. The predicted molar refractivity (Wildman–Crippen MR) is 70.8 cm³/mol. The standard InChI is InChI=1S/C13H15NOS/c1-4-11-6-5-7-12(10-11)14(2)13(15)8-9-16-3/h1,5-7,10H,8-9H2,2-3H3. The van der Waals surface area contributed by atoms with Gasteiger partial charge in [0.2, 0.25) is 5.91 Å². The maximum Gasteiger partial charge on any atom is 0.227 e. The number of anilines is 1. The Balaban J connectivity index is 2.76. The number of amides is 1. The van der Waals surface area contributed by atoms with Crippen molar-refractivity contribution in [2.45, 2.75) is 6.42 Å². The Morgan fingerprint density at radius 2 is 2.31 bits per heavy atom. The van der Waals surface area contributed by atoms with Crippen molar-refractivity contribution < 1.29 is 4.79 Å². The summed E-state index contributed by atoms with van der Waals surface area (Å²) in [7, 11) is 1.78. The van der Waals surface area contributed by atoms with Crippen LogP contribution in [0.1, 0.15) is 12.0 Å². The van der Waals surface area contributed by atoms with Crippen LogP contribution in [0.4, 0.5) is 5.69 Å². The van der Waals surface area contributed by atoms with E-state index in [4.69, 9.17) is 6.42 Å². The summed E-state index contributed by atoms with van der Waals surface area (Å²) in [5.74, 6) is 3.52. The van der Waals surface area contributed by atoms with Gasteiger partial charge in [-0.05, 0) is 24.5 Å². The molecule has 2 nitrogen and oxygen atoms in total. The van der Waals surface area contributed by atoms with Gasteiger partial charge in [-0.25, -0.2) is 0 Å². The van der Waals surface area contributed by atoms with Gasteiger partial charge in [0.15, 0.2) is 0 Å². The van der Waals surface area contributed by atoms with Gasteiger partial charge in [-0.15, -0.1) is 6.42 Å². The summed E-state index contributed by atoms with van der Waals surface area (Å²) >= 11 is 1.67. The molecule has 16 heavy (non-hydrogen) atoms. The third-order valence-corrected chi connectivity index (χ3v) is 2.91. The number of rotatable bonds is 4. The predicted octanol–water partition coefficient (Wildman–Crippen LogP) is 2.38. The molecule has 0 aromatic heterocycles. The summed E-state index contributed by atoms with van der Waals surface area (Å²) in [6, 6.07) is 7.45. The molecule has 1 rings (SSSR count). The minimum absolute atomic E-state index is 0.114. The number of nitrogens with zero attached hydrogens (tertiary/aromatic N) is 1. The molecule has 0 heterocycles. The molecule has 0 saturated carbocycles. The van der Waals surface area contributed by atoms with Gasteiger partial charge >= 0.3 is 0 Å². The second kappa shape index (κ2) is 6.24. The largest absolute Gasteiger partial charge is 0.315 e. The van der Waals surface area contributed by atoms with Gasteiger partial charge in [0, 0.05) is 30.5 Å². The first-order valence-corrected chi connectivity index (χ1v) is 6.40. The van der Waals surface area contributed by atoms with Crippen LogP contribution >= 0.6 is 11.8 Å². The van der Waals surface area contributed by atoms with Gasteiger partial charge in [-0.2, -0.15) is 11.8 Å². The third kappa shape index (κ3) is 3.32. The lowest BCUT2D eigenvalue weighted by Crippen LogP contribution is -2.26. The quantitative estimate of drug-likeness (QED) is 0.744. The second-order valence-corrected chi connectivity index (χ2v) is 4.38. The van der Waals surface area contributed by atoms with E-state index in [0.29, 0.717) is 6.42 Å². The van der Waals surface area contributed by atoms with Crippen LogP contribution in [0, 0.1) is 12.3 Å². The molecule has 0 atom stereocenters. The maximum absolute atomic E-state index is 11.8. The van der Waals surface area contributed by atoms with Crippen LogP contribution in [0.2, 0.25) is 0 Å². The molecule has 0 aliphatic rings. The van der Waals surface area contributed by atoms with Crippen LogP contribution < -0.4 is 4.90 Å². The molecule has 0 aliphatic heterocycles. The SMILES string of the molecule is C#Cc1cccc(N(C)C(=O)CCSC)c1. The van der Waals surface area contributed by atoms with Gasteiger partial charge in [0.25, 0.3) is 0 Å². The molecule has 0 N–H and O–H groups in total. The number of carbonyl (C=O) groups excluding carboxylic acids is 1. The highest BCUT2D eigenvalue weighted by Gasteiger charge is 2.10. The Bertz CT molecular complexity index is 409. The Labute approximate surface area is 101 Å². The van der Waals surface area contributed by atoms with E-state index in [0.717, 1.165) is 17.0 Å². The summed E-state index contributed by atoms with van der Waals surface area (Å²) in [4.78, 5) is 13.4. The van der Waals surface area contributed by atoms with E-state index < -0.39 is 0 Å². The first-order chi connectivity index (χ1) is 7.69. The van der Waals surface area contributed by atoms with Gasteiger partial charge < -0.3 is 4.90 Å². The Kier molecular flexibility index (Phi) is 4.94. The van der Waals surface area contributed by atoms with Gasteiger partial charge in [0.05, 0.1) is 0 Å². The van der Waals surface area contributed by atoms with E-state index in [9.17, 15) is 4.79 Å². The first-order valence-electron chi connectivity index (χ1n) is 5.01. The molecule has 0 bridgehead atoms. The molecule has 0 saturated heterocycles. The highest BCUT2D eigenvalue weighted by Crippen LogP contribution is 2.15. The van der Waals surface area contributed by atoms with Crippen molar-refractivity contribution >= 4 is 23.4 Å². The van der Waals surface area contributed by atoms with Gasteiger partial charge in [-0.1, -0.05) is 12.0 Å². The maximum atomic E-state index is 11.8. The lowest BCUT2D eigenvalue weighted by Gasteiger charge is -2.17. The van der Waals surface area contributed by atoms with Crippen molar-refractivity contribution in [1.82, 2.24) is 0 Å². The number of benzene rings is 1. The van der Waals surface area contributed by atoms with E-state index in [1.54, 1.807) is 23.7 Å². The first kappa shape index (κ1) is 12.7. The molecule has 1 aromatic rings. The summed E-state index contributed by atoms with van der Waals surface area (Å²) in [6.45, 7) is 0. The molecule has 0 spiro atoms. The Morgan fingerprint density at radius 3 is 2.94 bits per heavy atom. The molecule has 1 amide bonds. The average Bonchev–Trinajstić information content (AvgIpc) is 2.35. The Hall–Kier alpha value is -1.40. The van der Waals surface area contributed by atoms with Crippen molar-refractivity contribution in [3.05, 3.63) is 29.8 Å². The summed E-state index contributed by atoms with van der Waals surface area (Å²) in [5, 5.41) is 0. The van der Waals surface area contributed by atoms with Gasteiger partial charge in [0.1, 0.15) is 0 Å². The fraction of sp³-hybridized carbons (Fsp3) is 0.308. The van der Waals surface area contributed by atoms with Crippen molar-refractivity contribution in [1.29, 1.82) is 0 Å². The van der Waals surface area contributed by atoms with E-state index in [-0.39, 0.29) is 5.91 Å². The van der Waals surface area contributed by atoms with Crippen molar-refractivity contribution in [3.8, 4) is 12.3 Å². The number of hydrogen-bond donors (Lipinski definition) is 0. The molecule has 0 aliphatic carbocycles. The van der Waals surface area contributed by atoms with Crippen LogP contribution in [-0.4, -0.2) is 25.0 Å². The number of carbonyl (C=O) groups is 1. The number of thioether (sulfide) groups is 1. The molecule has 0 radical (unpaired) electrons. The van der Waals surface area contributed by atoms with Crippen LogP contribution in [0.25, 0.3) is 0 Å². The monoisotopic (exact) mass is 233 g/mol. The molecule has 0 fully saturated rings. The molecular formula is C13H15NOS. The van der Waals surface area contributed by atoms with E-state index in [2.05, 4.69) is 5.92 Å². The summed E-state index contributed by atoms with van der Waals surface area (Å²) in [5.41, 5.74) is 1.64. The number of terminal acetylenes is 1. The van der Waals surface area contributed by atoms with Gasteiger partial charge in [-0.3, -0.25) is 4.79 Å². The second-order valence-electron chi connectivity index (χ2n) is 3.39. The highest BCUT2D eigenvalue weighted by atomic mass is 32.2. The normalized spacial score (nSPS) is 9.56. The summed E-state index contributed by atoms with van der Waals surface area (Å²) in [6.07, 6.45) is 7.86. The van der Waals surface area contributed by atoms with Crippen molar-refractivity contribution in [2.24, 2.45) is 0 Å². The fourth-order valence-corrected chi connectivity index (χ4v) is 1.68. The molecule has 1 aromatic carbocycles. The Morgan fingerprint density at radius 1 is 1.56 bits per heavy atom. The molecular weight excluding hydrogens is 218 g/mol. The van der Waals surface area contributed by atoms with Crippen molar-refractivity contribution in [3.63, 3.8) is 0 Å². The van der Waals surface area contributed by atoms with E-state index in [1.165, 1.54) is 0 Å². The zero-order valence-electron chi connectivity index (χ0n) is 9.56. The molecule has 3 heteroatoms. The lowest BCUT2D eigenvalue weighted by atomic mass is 10.2. The van der Waals surface area contributed by atoms with Crippen LogP contribution in [0.5, 0.6) is 0 Å². The highest BCUT2D eigenvalue weighted by molar-refractivity contribution is 7.98.